The Morgan fingerprint density at radius 1 is 1.53 bits per heavy atom. The molecule has 1 unspecified atom stereocenters. The van der Waals surface area contributed by atoms with Gasteiger partial charge in [0, 0.05) is 18.5 Å². The van der Waals surface area contributed by atoms with Crippen LogP contribution >= 0.6 is 27.5 Å². The Kier molecular flexibility index (Phi) is 4.45. The van der Waals surface area contributed by atoms with Crippen LogP contribution in [0.1, 0.15) is 25.7 Å². The molecule has 6 heteroatoms. The molecular weight excluding hydrogens is 305 g/mol. The van der Waals surface area contributed by atoms with Crippen LogP contribution in [0.15, 0.2) is 15.6 Å². The van der Waals surface area contributed by atoms with E-state index in [2.05, 4.69) is 30.8 Å². The van der Waals surface area contributed by atoms with Crippen molar-refractivity contribution >= 4 is 33.3 Å². The summed E-state index contributed by atoms with van der Waals surface area (Å²) in [5, 5.41) is 0. The van der Waals surface area contributed by atoms with Gasteiger partial charge < -0.3 is 9.88 Å². The summed E-state index contributed by atoms with van der Waals surface area (Å²) in [4.78, 5) is 20.5. The van der Waals surface area contributed by atoms with Crippen LogP contribution in [0.25, 0.3) is 0 Å². The molecule has 17 heavy (non-hydrogen) atoms. The van der Waals surface area contributed by atoms with Crippen LogP contribution in [-0.2, 0) is 0 Å². The molecule has 1 N–H and O–H groups in total. The summed E-state index contributed by atoms with van der Waals surface area (Å²) >= 11 is 9.33. The summed E-state index contributed by atoms with van der Waals surface area (Å²) in [5.41, 5.74) is -0.146. The van der Waals surface area contributed by atoms with Gasteiger partial charge in [-0.2, -0.15) is 0 Å². The molecule has 1 aromatic heterocycles. The normalized spacial score (nSPS) is 21.3. The number of H-pyrrole nitrogens is 1. The minimum Gasteiger partial charge on any atom is -0.351 e. The monoisotopic (exact) mass is 319 g/mol. The maximum Gasteiger partial charge on any atom is 0.267 e. The Bertz CT molecular complexity index is 437. The Morgan fingerprint density at radius 2 is 2.35 bits per heavy atom. The average Bonchev–Trinajstić information content (AvgIpc) is 2.57. The number of anilines is 1. The summed E-state index contributed by atoms with van der Waals surface area (Å²) < 4.78 is 0.497. The maximum atomic E-state index is 11.6. The quantitative estimate of drug-likeness (QED) is 0.852. The largest absolute Gasteiger partial charge is 0.351 e. The highest BCUT2D eigenvalue weighted by Crippen LogP contribution is 2.26. The first-order chi connectivity index (χ1) is 8.24. The zero-order valence-electron chi connectivity index (χ0n) is 9.46. The van der Waals surface area contributed by atoms with Gasteiger partial charge in [-0.1, -0.05) is 12.8 Å². The number of rotatable bonds is 2. The minimum absolute atomic E-state index is 0.146. The van der Waals surface area contributed by atoms with E-state index in [1.54, 1.807) is 0 Å². The number of aromatic nitrogens is 2. The van der Waals surface area contributed by atoms with Gasteiger partial charge in [-0.3, -0.25) is 4.79 Å². The van der Waals surface area contributed by atoms with E-state index >= 15 is 0 Å². The van der Waals surface area contributed by atoms with E-state index in [0.29, 0.717) is 16.2 Å². The summed E-state index contributed by atoms with van der Waals surface area (Å²) in [6.45, 7) is 0.909. The third kappa shape index (κ3) is 2.83. The molecule has 0 spiro atoms. The fourth-order valence-electron chi connectivity index (χ4n) is 2.19. The van der Waals surface area contributed by atoms with Gasteiger partial charge in [0.25, 0.3) is 5.56 Å². The van der Waals surface area contributed by atoms with Gasteiger partial charge in [0.15, 0.2) is 5.82 Å². The van der Waals surface area contributed by atoms with Gasteiger partial charge in [0.1, 0.15) is 4.47 Å². The fraction of sp³-hybridized carbons (Fsp3) is 0.636. The van der Waals surface area contributed by atoms with Crippen molar-refractivity contribution < 1.29 is 0 Å². The maximum absolute atomic E-state index is 11.6. The molecule has 0 bridgehead atoms. The Labute approximate surface area is 114 Å². The lowest BCUT2D eigenvalue weighted by molar-refractivity contribution is 0.614. The molecule has 94 valence electrons. The summed E-state index contributed by atoms with van der Waals surface area (Å²) in [6, 6.07) is 0.268. The standard InChI is InChI=1S/C11H15BrClN3O/c12-9-10(14-7-15-11(9)17)16-5-3-1-2-4-8(16)6-13/h7-8H,1-6H2,(H,14,15,17). The molecule has 1 aliphatic rings. The molecule has 1 atom stereocenters. The smallest absolute Gasteiger partial charge is 0.267 e. The minimum atomic E-state index is -0.146. The van der Waals surface area contributed by atoms with Crippen LogP contribution in [0, 0.1) is 0 Å². The summed E-state index contributed by atoms with van der Waals surface area (Å²) in [6.07, 6.45) is 6.02. The predicted molar refractivity (Wildman–Crippen MR) is 72.9 cm³/mol. The molecule has 1 aromatic rings. The van der Waals surface area contributed by atoms with Crippen LogP contribution in [0.3, 0.4) is 0 Å². The second kappa shape index (κ2) is 5.87. The van der Waals surface area contributed by atoms with E-state index in [1.165, 1.54) is 19.2 Å². The zero-order valence-corrected chi connectivity index (χ0v) is 11.8. The van der Waals surface area contributed by atoms with E-state index in [0.717, 1.165) is 19.4 Å². The van der Waals surface area contributed by atoms with Gasteiger partial charge in [-0.15, -0.1) is 11.6 Å². The Balaban J connectivity index is 2.35. The van der Waals surface area contributed by atoms with E-state index in [4.69, 9.17) is 11.6 Å². The SMILES string of the molecule is O=c1[nH]cnc(N2CCCCCC2CCl)c1Br. The first-order valence-electron chi connectivity index (χ1n) is 5.80. The molecule has 2 heterocycles. The lowest BCUT2D eigenvalue weighted by atomic mass is 10.1. The average molecular weight is 321 g/mol. The molecule has 2 rings (SSSR count). The second-order valence-electron chi connectivity index (χ2n) is 4.22. The van der Waals surface area contributed by atoms with Crippen molar-refractivity contribution in [1.29, 1.82) is 0 Å². The molecule has 1 aliphatic heterocycles. The summed E-state index contributed by atoms with van der Waals surface area (Å²) in [5.74, 6) is 1.28. The van der Waals surface area contributed by atoms with Crippen LogP contribution in [0.5, 0.6) is 0 Å². The molecular formula is C11H15BrClN3O. The lowest BCUT2D eigenvalue weighted by Gasteiger charge is -2.29. The molecule has 0 amide bonds. The Morgan fingerprint density at radius 3 is 3.12 bits per heavy atom. The van der Waals surface area contributed by atoms with Gasteiger partial charge in [0.2, 0.25) is 0 Å². The van der Waals surface area contributed by atoms with Crippen molar-refractivity contribution in [3.63, 3.8) is 0 Å². The molecule has 1 saturated heterocycles. The van der Waals surface area contributed by atoms with Crippen LogP contribution < -0.4 is 10.5 Å². The second-order valence-corrected chi connectivity index (χ2v) is 5.32. The highest BCUT2D eigenvalue weighted by molar-refractivity contribution is 9.10. The predicted octanol–water partition coefficient (Wildman–Crippen LogP) is 2.52. The van der Waals surface area contributed by atoms with Gasteiger partial charge in [-0.25, -0.2) is 4.98 Å². The number of aromatic amines is 1. The van der Waals surface area contributed by atoms with Crippen molar-refractivity contribution in [2.24, 2.45) is 0 Å². The van der Waals surface area contributed by atoms with Gasteiger partial charge in [-0.05, 0) is 28.8 Å². The number of hydrogen-bond donors (Lipinski definition) is 1. The van der Waals surface area contributed by atoms with Gasteiger partial charge >= 0.3 is 0 Å². The van der Waals surface area contributed by atoms with Crippen LogP contribution in [0.2, 0.25) is 0 Å². The summed E-state index contributed by atoms with van der Waals surface area (Å²) in [7, 11) is 0. The lowest BCUT2D eigenvalue weighted by Crippen LogP contribution is -2.38. The van der Waals surface area contributed by atoms with E-state index in [1.807, 2.05) is 0 Å². The molecule has 1 fully saturated rings. The molecule has 0 aliphatic carbocycles. The molecule has 0 aromatic carbocycles. The van der Waals surface area contributed by atoms with E-state index in [-0.39, 0.29) is 11.6 Å². The van der Waals surface area contributed by atoms with Gasteiger partial charge in [0.05, 0.1) is 6.33 Å². The van der Waals surface area contributed by atoms with Crippen molar-refractivity contribution in [1.82, 2.24) is 9.97 Å². The number of alkyl halides is 1. The van der Waals surface area contributed by atoms with Crippen LogP contribution in [-0.4, -0.2) is 28.4 Å². The third-order valence-electron chi connectivity index (χ3n) is 3.11. The first-order valence-corrected chi connectivity index (χ1v) is 7.12. The molecule has 4 nitrogen and oxygen atoms in total. The topological polar surface area (TPSA) is 49.0 Å². The fourth-order valence-corrected chi connectivity index (χ4v) is 2.96. The number of hydrogen-bond acceptors (Lipinski definition) is 3. The number of halogens is 2. The van der Waals surface area contributed by atoms with Crippen LogP contribution in [0.4, 0.5) is 5.82 Å². The van der Waals surface area contributed by atoms with Crippen molar-refractivity contribution in [3.05, 3.63) is 21.2 Å². The number of nitrogens with zero attached hydrogens (tertiary/aromatic N) is 2. The highest BCUT2D eigenvalue weighted by atomic mass is 79.9. The van der Waals surface area contributed by atoms with Crippen molar-refractivity contribution in [2.45, 2.75) is 31.7 Å². The zero-order chi connectivity index (χ0) is 12.3. The highest BCUT2D eigenvalue weighted by Gasteiger charge is 2.23. The molecule has 0 saturated carbocycles. The van der Waals surface area contributed by atoms with Crippen molar-refractivity contribution in [3.8, 4) is 0 Å². The number of nitrogens with one attached hydrogen (secondary N) is 1. The van der Waals surface area contributed by atoms with E-state index in [9.17, 15) is 4.79 Å². The van der Waals surface area contributed by atoms with E-state index < -0.39 is 0 Å². The molecule has 0 radical (unpaired) electrons. The Hall–Kier alpha value is -0.550. The first kappa shape index (κ1) is 12.9. The third-order valence-corrected chi connectivity index (χ3v) is 4.18. The van der Waals surface area contributed by atoms with Crippen molar-refractivity contribution in [2.75, 3.05) is 17.3 Å².